The zero-order valence-corrected chi connectivity index (χ0v) is 13.7. The molecule has 0 spiro atoms. The zero-order chi connectivity index (χ0) is 17.3. The lowest BCUT2D eigenvalue weighted by Crippen LogP contribution is -2.19. The fourth-order valence-corrected chi connectivity index (χ4v) is 3.59. The summed E-state index contributed by atoms with van der Waals surface area (Å²) in [6.45, 7) is 0. The molecule has 2 aromatic carbocycles. The van der Waals surface area contributed by atoms with Gasteiger partial charge in [0.25, 0.3) is 5.91 Å². The predicted molar refractivity (Wildman–Crippen MR) is 94.4 cm³/mol. The van der Waals surface area contributed by atoms with Crippen molar-refractivity contribution < 1.29 is 14.0 Å². The molecule has 3 amide bonds. The van der Waals surface area contributed by atoms with E-state index in [-0.39, 0.29) is 5.82 Å². The summed E-state index contributed by atoms with van der Waals surface area (Å²) >= 11 is 7.34. The molecule has 4 N–H and O–H groups in total. The molecule has 3 rings (SSSR count). The highest BCUT2D eigenvalue weighted by molar-refractivity contribution is 7.21. The van der Waals surface area contributed by atoms with Gasteiger partial charge in [0.15, 0.2) is 0 Å². The lowest BCUT2D eigenvalue weighted by Gasteiger charge is -2.06. The van der Waals surface area contributed by atoms with E-state index >= 15 is 0 Å². The van der Waals surface area contributed by atoms with Gasteiger partial charge in [0.05, 0.1) is 5.02 Å². The number of nitrogens with two attached hydrogens (primary N) is 1. The van der Waals surface area contributed by atoms with Crippen molar-refractivity contribution in [3.8, 4) is 0 Å². The number of thiophene rings is 1. The van der Waals surface area contributed by atoms with Crippen molar-refractivity contribution >= 4 is 56.3 Å². The van der Waals surface area contributed by atoms with Crippen molar-refractivity contribution in [1.29, 1.82) is 0 Å². The maximum Gasteiger partial charge on any atom is 0.316 e. The largest absolute Gasteiger partial charge is 0.351 e. The topological polar surface area (TPSA) is 84.2 Å². The van der Waals surface area contributed by atoms with Crippen LogP contribution in [0.3, 0.4) is 0 Å². The van der Waals surface area contributed by atoms with Crippen molar-refractivity contribution in [2.24, 2.45) is 5.73 Å². The van der Waals surface area contributed by atoms with Crippen LogP contribution in [0.4, 0.5) is 20.6 Å². The summed E-state index contributed by atoms with van der Waals surface area (Å²) < 4.78 is 13.9. The number of hydrogen-bond donors (Lipinski definition) is 3. The highest BCUT2D eigenvalue weighted by Gasteiger charge is 2.17. The van der Waals surface area contributed by atoms with Gasteiger partial charge in [-0.25, -0.2) is 9.18 Å². The van der Waals surface area contributed by atoms with Gasteiger partial charge in [-0.2, -0.15) is 0 Å². The molecule has 0 fully saturated rings. The fourth-order valence-electron chi connectivity index (χ4n) is 2.15. The highest BCUT2D eigenvalue weighted by Crippen LogP contribution is 2.36. The van der Waals surface area contributed by atoms with Gasteiger partial charge in [-0.3, -0.25) is 4.79 Å². The number of nitrogens with one attached hydrogen (secondary N) is 2. The molecule has 0 bridgehead atoms. The Balaban J connectivity index is 1.82. The van der Waals surface area contributed by atoms with Crippen LogP contribution >= 0.6 is 22.9 Å². The molecule has 1 heterocycles. The average Bonchev–Trinajstić information content (AvgIpc) is 2.85. The lowest BCUT2D eigenvalue weighted by atomic mass is 10.2. The molecule has 0 saturated carbocycles. The van der Waals surface area contributed by atoms with Crippen molar-refractivity contribution in [3.63, 3.8) is 0 Å². The van der Waals surface area contributed by atoms with Crippen LogP contribution in [0.1, 0.15) is 9.67 Å². The number of carbonyl (C=O) groups excluding carboxylic acids is 2. The Morgan fingerprint density at radius 3 is 2.29 bits per heavy atom. The number of carbonyl (C=O) groups is 2. The molecule has 122 valence electrons. The Bertz CT molecular complexity index is 940. The Morgan fingerprint density at radius 2 is 1.67 bits per heavy atom. The average molecular weight is 364 g/mol. The van der Waals surface area contributed by atoms with E-state index in [0.29, 0.717) is 31.4 Å². The number of hydrogen-bond acceptors (Lipinski definition) is 3. The van der Waals surface area contributed by atoms with Crippen LogP contribution in [0.25, 0.3) is 10.1 Å². The third kappa shape index (κ3) is 3.32. The first kappa shape index (κ1) is 16.2. The second-order valence-corrected chi connectivity index (χ2v) is 6.34. The quantitative estimate of drug-likeness (QED) is 0.642. The SMILES string of the molecule is NC(=O)Nc1ccc(NC(=O)c2sc3cc(F)ccc3c2Cl)cc1. The lowest BCUT2D eigenvalue weighted by molar-refractivity contribution is 0.103. The van der Waals surface area contributed by atoms with Crippen molar-refractivity contribution in [2.75, 3.05) is 10.6 Å². The van der Waals surface area contributed by atoms with Crippen LogP contribution in [-0.2, 0) is 0 Å². The second kappa shape index (κ2) is 6.46. The summed E-state index contributed by atoms with van der Waals surface area (Å²) in [5, 5.41) is 6.05. The molecule has 0 aliphatic rings. The van der Waals surface area contributed by atoms with Gasteiger partial charge in [0.1, 0.15) is 10.7 Å². The van der Waals surface area contributed by atoms with E-state index in [9.17, 15) is 14.0 Å². The number of anilines is 2. The molecule has 0 radical (unpaired) electrons. The molecule has 3 aromatic rings. The van der Waals surface area contributed by atoms with Crippen LogP contribution in [0.15, 0.2) is 42.5 Å². The Labute approximate surface area is 145 Å². The summed E-state index contributed by atoms with van der Waals surface area (Å²) in [6.07, 6.45) is 0. The minimum absolute atomic E-state index is 0.291. The minimum Gasteiger partial charge on any atom is -0.351 e. The minimum atomic E-state index is -0.670. The van der Waals surface area contributed by atoms with E-state index in [1.54, 1.807) is 30.3 Å². The molecule has 0 aliphatic carbocycles. The molecule has 0 aliphatic heterocycles. The van der Waals surface area contributed by atoms with Crippen LogP contribution < -0.4 is 16.4 Å². The van der Waals surface area contributed by atoms with E-state index in [1.807, 2.05) is 0 Å². The first-order chi connectivity index (χ1) is 11.4. The summed E-state index contributed by atoms with van der Waals surface area (Å²) in [4.78, 5) is 23.5. The number of halogens is 2. The van der Waals surface area contributed by atoms with E-state index in [4.69, 9.17) is 17.3 Å². The summed E-state index contributed by atoms with van der Waals surface area (Å²) in [5.74, 6) is -0.776. The van der Waals surface area contributed by atoms with Crippen molar-refractivity contribution in [2.45, 2.75) is 0 Å². The van der Waals surface area contributed by atoms with Crippen LogP contribution in [0, 0.1) is 5.82 Å². The van der Waals surface area contributed by atoms with Gasteiger partial charge in [-0.15, -0.1) is 11.3 Å². The Morgan fingerprint density at radius 1 is 1.04 bits per heavy atom. The van der Waals surface area contributed by atoms with E-state index in [0.717, 1.165) is 11.3 Å². The van der Waals surface area contributed by atoms with Crippen LogP contribution in [-0.4, -0.2) is 11.9 Å². The molecule has 8 heteroatoms. The maximum atomic E-state index is 13.3. The van der Waals surface area contributed by atoms with E-state index in [2.05, 4.69) is 10.6 Å². The molecular formula is C16H11ClFN3O2S. The molecule has 5 nitrogen and oxygen atoms in total. The highest BCUT2D eigenvalue weighted by atomic mass is 35.5. The van der Waals surface area contributed by atoms with Gasteiger partial charge >= 0.3 is 6.03 Å². The fraction of sp³-hybridized carbons (Fsp3) is 0. The first-order valence-electron chi connectivity index (χ1n) is 6.79. The van der Waals surface area contributed by atoms with Gasteiger partial charge in [-0.05, 0) is 42.5 Å². The van der Waals surface area contributed by atoms with Crippen LogP contribution in [0.2, 0.25) is 5.02 Å². The number of primary amides is 1. The number of amides is 3. The number of fused-ring (bicyclic) bond motifs is 1. The zero-order valence-electron chi connectivity index (χ0n) is 12.1. The third-order valence-corrected chi connectivity index (χ3v) is 4.86. The first-order valence-corrected chi connectivity index (χ1v) is 7.99. The Hall–Kier alpha value is -2.64. The smallest absolute Gasteiger partial charge is 0.316 e. The molecule has 0 atom stereocenters. The molecule has 0 saturated heterocycles. The maximum absolute atomic E-state index is 13.3. The summed E-state index contributed by atoms with van der Waals surface area (Å²) in [6, 6.07) is 9.94. The van der Waals surface area contributed by atoms with Gasteiger partial charge in [-0.1, -0.05) is 11.6 Å². The van der Waals surface area contributed by atoms with E-state index in [1.165, 1.54) is 12.1 Å². The predicted octanol–water partition coefficient (Wildman–Crippen LogP) is 4.44. The second-order valence-electron chi connectivity index (χ2n) is 4.91. The Kier molecular flexibility index (Phi) is 4.37. The van der Waals surface area contributed by atoms with Crippen molar-refractivity contribution in [1.82, 2.24) is 0 Å². The molecule has 24 heavy (non-hydrogen) atoms. The summed E-state index contributed by atoms with van der Waals surface area (Å²) in [7, 11) is 0. The van der Waals surface area contributed by atoms with Gasteiger partial charge in [0.2, 0.25) is 0 Å². The molecule has 1 aromatic heterocycles. The number of urea groups is 1. The van der Waals surface area contributed by atoms with Gasteiger partial charge in [0, 0.05) is 21.5 Å². The molecule has 0 unspecified atom stereocenters. The standard InChI is InChI=1S/C16H11ClFN3O2S/c17-13-11-6-1-8(18)7-12(11)24-14(13)15(22)20-9-2-4-10(5-3-9)21-16(19)23/h1-7H,(H,20,22)(H3,19,21,23). The molecular weight excluding hydrogens is 353 g/mol. The summed E-state index contributed by atoms with van der Waals surface area (Å²) in [5.41, 5.74) is 6.06. The monoisotopic (exact) mass is 363 g/mol. The van der Waals surface area contributed by atoms with Crippen molar-refractivity contribution in [3.05, 3.63) is 58.2 Å². The number of benzene rings is 2. The number of rotatable bonds is 3. The van der Waals surface area contributed by atoms with E-state index < -0.39 is 11.9 Å². The third-order valence-electron chi connectivity index (χ3n) is 3.21. The van der Waals surface area contributed by atoms with Crippen LogP contribution in [0.5, 0.6) is 0 Å². The van der Waals surface area contributed by atoms with Gasteiger partial charge < -0.3 is 16.4 Å². The normalized spacial score (nSPS) is 10.6.